The molecule has 7 heteroatoms. The quantitative estimate of drug-likeness (QED) is 0.595. The zero-order valence-electron chi connectivity index (χ0n) is 9.22. The van der Waals surface area contributed by atoms with E-state index >= 15 is 0 Å². The molecule has 1 aliphatic carbocycles. The van der Waals surface area contributed by atoms with Crippen LogP contribution in [0.3, 0.4) is 0 Å². The predicted molar refractivity (Wildman–Crippen MR) is 58.4 cm³/mol. The molecule has 2 aliphatic rings. The molecule has 6 nitrogen and oxygen atoms in total. The first-order valence-corrected chi connectivity index (χ1v) is 7.11. The summed E-state index contributed by atoms with van der Waals surface area (Å²) in [6.45, 7) is 2.63. The van der Waals surface area contributed by atoms with Gasteiger partial charge in [0.15, 0.2) is 5.50 Å². The Morgan fingerprint density at radius 2 is 2.00 bits per heavy atom. The van der Waals surface area contributed by atoms with Crippen LogP contribution < -0.4 is 10.6 Å². The minimum Gasteiger partial charge on any atom is -0.378 e. The molecule has 0 aromatic carbocycles. The fourth-order valence-electron chi connectivity index (χ4n) is 2.51. The van der Waals surface area contributed by atoms with Crippen molar-refractivity contribution in [1.82, 2.24) is 10.6 Å². The summed E-state index contributed by atoms with van der Waals surface area (Å²) < 4.78 is 36.4. The molecular formula is C9H18N2O4S. The smallest absolute Gasteiger partial charge is 0.295 e. The van der Waals surface area contributed by atoms with Gasteiger partial charge in [-0.25, -0.2) is 0 Å². The largest absolute Gasteiger partial charge is 0.378 e. The van der Waals surface area contributed by atoms with Crippen LogP contribution in [0.2, 0.25) is 0 Å². The van der Waals surface area contributed by atoms with Crippen LogP contribution >= 0.6 is 0 Å². The Hall–Kier alpha value is -0.210. The molecule has 0 aromatic heterocycles. The van der Waals surface area contributed by atoms with Gasteiger partial charge in [-0.05, 0) is 26.2 Å². The summed E-state index contributed by atoms with van der Waals surface area (Å²) in [5, 5.41) is 5.78. The number of hydrogen-bond donors (Lipinski definition) is 3. The fraction of sp³-hybridized carbons (Fsp3) is 1.00. The minimum absolute atomic E-state index is 0.0669. The van der Waals surface area contributed by atoms with Crippen molar-refractivity contribution in [2.45, 2.75) is 49.9 Å². The summed E-state index contributed by atoms with van der Waals surface area (Å²) in [5.74, 6) is 0. The highest BCUT2D eigenvalue weighted by Crippen LogP contribution is 2.26. The van der Waals surface area contributed by atoms with Crippen molar-refractivity contribution < 1.29 is 17.7 Å². The van der Waals surface area contributed by atoms with Gasteiger partial charge < -0.3 is 4.74 Å². The van der Waals surface area contributed by atoms with Gasteiger partial charge in [-0.2, -0.15) is 8.42 Å². The second-order valence-electron chi connectivity index (χ2n) is 4.33. The van der Waals surface area contributed by atoms with Gasteiger partial charge in [-0.3, -0.25) is 15.2 Å². The Kier molecular flexibility index (Phi) is 3.50. The lowest BCUT2D eigenvalue weighted by atomic mass is 9.89. The molecule has 3 N–H and O–H groups in total. The normalized spacial score (nSPS) is 39.6. The summed E-state index contributed by atoms with van der Waals surface area (Å²) in [6.07, 6.45) is 2.79. The molecule has 2 rings (SSSR count). The minimum atomic E-state index is -4.05. The third-order valence-electron chi connectivity index (χ3n) is 3.23. The first-order chi connectivity index (χ1) is 7.50. The van der Waals surface area contributed by atoms with E-state index in [1.807, 2.05) is 6.92 Å². The van der Waals surface area contributed by atoms with Crippen LogP contribution in [-0.4, -0.2) is 43.3 Å². The zero-order valence-corrected chi connectivity index (χ0v) is 10.0. The third-order valence-corrected chi connectivity index (χ3v) is 4.10. The summed E-state index contributed by atoms with van der Waals surface area (Å²) in [6, 6.07) is 0.181. The standard InChI is InChI=1S/C9H18N2O4S/c1-2-15-6-3-4-7-8(5-6)11-9(10-7)16(12,13)14/h6-11H,2-5H2,1H3,(H,12,13,14). The van der Waals surface area contributed by atoms with Crippen LogP contribution in [0.15, 0.2) is 0 Å². The lowest BCUT2D eigenvalue weighted by Gasteiger charge is -2.30. The first kappa shape index (κ1) is 12.3. The highest BCUT2D eigenvalue weighted by Gasteiger charge is 2.42. The van der Waals surface area contributed by atoms with Crippen molar-refractivity contribution in [3.05, 3.63) is 0 Å². The molecule has 0 amide bonds. The molecule has 4 atom stereocenters. The van der Waals surface area contributed by atoms with Gasteiger partial charge in [0, 0.05) is 18.7 Å². The molecule has 16 heavy (non-hydrogen) atoms. The summed E-state index contributed by atoms with van der Waals surface area (Å²) >= 11 is 0. The lowest BCUT2D eigenvalue weighted by Crippen LogP contribution is -2.42. The Morgan fingerprint density at radius 3 is 2.62 bits per heavy atom. The molecule has 2 fully saturated rings. The van der Waals surface area contributed by atoms with Gasteiger partial charge in [-0.1, -0.05) is 0 Å². The maximum absolute atomic E-state index is 11.0. The number of hydrogen-bond acceptors (Lipinski definition) is 5. The van der Waals surface area contributed by atoms with Gasteiger partial charge in [0.2, 0.25) is 0 Å². The number of rotatable bonds is 3. The monoisotopic (exact) mass is 250 g/mol. The van der Waals surface area contributed by atoms with Crippen LogP contribution in [0, 0.1) is 0 Å². The first-order valence-electron chi connectivity index (χ1n) is 5.60. The van der Waals surface area contributed by atoms with Gasteiger partial charge in [0.25, 0.3) is 10.1 Å². The molecule has 1 aliphatic heterocycles. The van der Waals surface area contributed by atoms with Gasteiger partial charge in [0.1, 0.15) is 0 Å². The second-order valence-corrected chi connectivity index (χ2v) is 5.83. The van der Waals surface area contributed by atoms with E-state index in [0.29, 0.717) is 6.61 Å². The molecule has 1 saturated heterocycles. The highest BCUT2D eigenvalue weighted by molar-refractivity contribution is 7.86. The average Bonchev–Trinajstić information content (AvgIpc) is 2.60. The summed E-state index contributed by atoms with van der Waals surface area (Å²) in [7, 11) is -4.05. The molecule has 1 heterocycles. The third kappa shape index (κ3) is 2.54. The average molecular weight is 250 g/mol. The van der Waals surface area contributed by atoms with E-state index in [2.05, 4.69) is 10.6 Å². The van der Waals surface area contributed by atoms with Crippen LogP contribution in [0.1, 0.15) is 26.2 Å². The van der Waals surface area contributed by atoms with Gasteiger partial charge in [-0.15, -0.1) is 0 Å². The topological polar surface area (TPSA) is 87.7 Å². The highest BCUT2D eigenvalue weighted by atomic mass is 32.2. The molecular weight excluding hydrogens is 232 g/mol. The van der Waals surface area contributed by atoms with Crippen LogP contribution in [0.25, 0.3) is 0 Å². The van der Waals surface area contributed by atoms with Crippen LogP contribution in [0.4, 0.5) is 0 Å². The van der Waals surface area contributed by atoms with Gasteiger partial charge >= 0.3 is 0 Å². The molecule has 0 radical (unpaired) electrons. The number of fused-ring (bicyclic) bond motifs is 1. The van der Waals surface area contributed by atoms with E-state index in [4.69, 9.17) is 9.29 Å². The van der Waals surface area contributed by atoms with Crippen molar-refractivity contribution >= 4 is 10.1 Å². The Balaban J connectivity index is 1.96. The van der Waals surface area contributed by atoms with Crippen LogP contribution in [-0.2, 0) is 14.9 Å². The van der Waals surface area contributed by atoms with E-state index in [1.165, 1.54) is 0 Å². The molecule has 0 spiro atoms. The molecule has 94 valence electrons. The molecule has 0 bridgehead atoms. The van der Waals surface area contributed by atoms with Crippen molar-refractivity contribution in [1.29, 1.82) is 0 Å². The van der Waals surface area contributed by atoms with E-state index in [9.17, 15) is 8.42 Å². The van der Waals surface area contributed by atoms with Crippen molar-refractivity contribution in [2.75, 3.05) is 6.61 Å². The van der Waals surface area contributed by atoms with E-state index in [-0.39, 0.29) is 18.2 Å². The SMILES string of the molecule is CCOC1CCC2NC(S(=O)(=O)O)NC2C1. The molecule has 1 saturated carbocycles. The Labute approximate surface area is 95.5 Å². The van der Waals surface area contributed by atoms with Gasteiger partial charge in [0.05, 0.1) is 6.10 Å². The Morgan fingerprint density at radius 1 is 1.31 bits per heavy atom. The van der Waals surface area contributed by atoms with Crippen molar-refractivity contribution in [3.63, 3.8) is 0 Å². The van der Waals surface area contributed by atoms with Crippen molar-refractivity contribution in [3.8, 4) is 0 Å². The van der Waals surface area contributed by atoms with E-state index < -0.39 is 15.6 Å². The summed E-state index contributed by atoms with van der Waals surface area (Å²) in [5.41, 5.74) is -1.03. The number of ether oxygens (including phenoxy) is 1. The summed E-state index contributed by atoms with van der Waals surface area (Å²) in [4.78, 5) is 0. The Bertz CT molecular complexity index is 345. The maximum Gasteiger partial charge on any atom is 0.295 e. The number of nitrogens with one attached hydrogen (secondary N) is 2. The zero-order chi connectivity index (χ0) is 11.8. The maximum atomic E-state index is 11.0. The molecule has 0 aromatic rings. The molecule has 4 unspecified atom stereocenters. The second kappa shape index (κ2) is 4.58. The predicted octanol–water partition coefficient (Wildman–Crippen LogP) is -0.323. The van der Waals surface area contributed by atoms with Crippen molar-refractivity contribution in [2.24, 2.45) is 0 Å². The van der Waals surface area contributed by atoms with Crippen LogP contribution in [0.5, 0.6) is 0 Å². The fourth-order valence-corrected chi connectivity index (χ4v) is 3.21. The van der Waals surface area contributed by atoms with E-state index in [1.54, 1.807) is 0 Å². The lowest BCUT2D eigenvalue weighted by molar-refractivity contribution is 0.0264. The van der Waals surface area contributed by atoms with E-state index in [0.717, 1.165) is 19.3 Å².